The van der Waals surface area contributed by atoms with Crippen molar-refractivity contribution in [3.05, 3.63) is 65.2 Å². The van der Waals surface area contributed by atoms with E-state index in [2.05, 4.69) is 4.72 Å². The molecular formula is C17H22N2O4S2. The lowest BCUT2D eigenvalue weighted by Gasteiger charge is -2.09. The predicted molar refractivity (Wildman–Crippen MR) is 97.9 cm³/mol. The van der Waals surface area contributed by atoms with Gasteiger partial charge in [0.15, 0.2) is 0 Å². The van der Waals surface area contributed by atoms with E-state index in [4.69, 9.17) is 5.14 Å². The minimum absolute atomic E-state index is 0.0390. The van der Waals surface area contributed by atoms with Crippen LogP contribution in [0.2, 0.25) is 0 Å². The van der Waals surface area contributed by atoms with E-state index in [0.29, 0.717) is 19.4 Å². The van der Waals surface area contributed by atoms with Gasteiger partial charge in [0.2, 0.25) is 20.0 Å². The first-order chi connectivity index (χ1) is 11.7. The van der Waals surface area contributed by atoms with Gasteiger partial charge in [-0.15, -0.1) is 0 Å². The molecule has 0 bridgehead atoms. The van der Waals surface area contributed by atoms with Gasteiger partial charge in [0.1, 0.15) is 0 Å². The van der Waals surface area contributed by atoms with Crippen molar-refractivity contribution in [2.24, 2.45) is 5.14 Å². The highest BCUT2D eigenvalue weighted by atomic mass is 32.2. The average Bonchev–Trinajstić information content (AvgIpc) is 2.53. The molecule has 0 aliphatic carbocycles. The summed E-state index contributed by atoms with van der Waals surface area (Å²) in [6.45, 7) is 2.21. The average molecular weight is 383 g/mol. The van der Waals surface area contributed by atoms with E-state index in [9.17, 15) is 16.8 Å². The molecule has 0 radical (unpaired) electrons. The Morgan fingerprint density at radius 3 is 2.20 bits per heavy atom. The summed E-state index contributed by atoms with van der Waals surface area (Å²) in [5, 5.41) is 5.05. The van der Waals surface area contributed by atoms with Crippen LogP contribution >= 0.6 is 0 Å². The quantitative estimate of drug-likeness (QED) is 0.678. The summed E-state index contributed by atoms with van der Waals surface area (Å²) in [4.78, 5) is 0.0650. The number of rotatable bonds is 8. The summed E-state index contributed by atoms with van der Waals surface area (Å²) in [6.07, 6.45) is 1.25. The molecule has 0 amide bonds. The minimum atomic E-state index is -3.69. The molecule has 136 valence electrons. The predicted octanol–water partition coefficient (Wildman–Crippen LogP) is 1.69. The van der Waals surface area contributed by atoms with Crippen LogP contribution in [-0.2, 0) is 32.2 Å². The zero-order valence-corrected chi connectivity index (χ0v) is 15.6. The number of sulfonamides is 2. The third-order valence-electron chi connectivity index (χ3n) is 3.82. The normalized spacial score (nSPS) is 12.2. The number of nitrogens with two attached hydrogens (primary N) is 1. The monoisotopic (exact) mass is 382 g/mol. The number of benzene rings is 2. The van der Waals surface area contributed by atoms with Crippen molar-refractivity contribution in [2.75, 3.05) is 6.54 Å². The Hall–Kier alpha value is -1.74. The highest BCUT2D eigenvalue weighted by Crippen LogP contribution is 2.12. The molecule has 0 spiro atoms. The summed E-state index contributed by atoms with van der Waals surface area (Å²) in [5.74, 6) is -0.0390. The zero-order valence-electron chi connectivity index (χ0n) is 14.0. The second-order valence-corrected chi connectivity index (χ2v) is 9.24. The van der Waals surface area contributed by atoms with Crippen LogP contribution < -0.4 is 9.86 Å². The molecule has 3 N–H and O–H groups in total. The maximum absolute atomic E-state index is 12.1. The van der Waals surface area contributed by atoms with Crippen LogP contribution in [0.5, 0.6) is 0 Å². The summed E-state index contributed by atoms with van der Waals surface area (Å²) < 4.78 is 49.2. The van der Waals surface area contributed by atoms with Crippen molar-refractivity contribution in [3.8, 4) is 0 Å². The first kappa shape index (κ1) is 19.6. The maximum Gasteiger partial charge on any atom is 0.238 e. The summed E-state index contributed by atoms with van der Waals surface area (Å²) in [5.41, 5.74) is 2.65. The third-order valence-corrected chi connectivity index (χ3v) is 6.09. The van der Waals surface area contributed by atoms with E-state index >= 15 is 0 Å². The van der Waals surface area contributed by atoms with E-state index in [1.54, 1.807) is 12.1 Å². The van der Waals surface area contributed by atoms with Crippen molar-refractivity contribution >= 4 is 20.0 Å². The van der Waals surface area contributed by atoms with Gasteiger partial charge in [-0.2, -0.15) is 0 Å². The molecule has 2 rings (SSSR count). The largest absolute Gasteiger partial charge is 0.238 e. The van der Waals surface area contributed by atoms with Gasteiger partial charge in [-0.3, -0.25) is 0 Å². The standard InChI is InChI=1S/C17H22N2O4S2/c1-14-5-2-3-7-16(14)13-24(20,21)19-12-4-6-15-8-10-17(11-9-15)25(18,22)23/h2-3,5,7-11,19H,4,6,12-13H2,1H3,(H2,18,22,23). The molecule has 0 saturated carbocycles. The second kappa shape index (κ2) is 8.09. The molecule has 2 aromatic rings. The van der Waals surface area contributed by atoms with Gasteiger partial charge in [0.25, 0.3) is 0 Å². The molecule has 0 fully saturated rings. The molecular weight excluding hydrogens is 360 g/mol. The fraction of sp³-hybridized carbons (Fsp3) is 0.294. The van der Waals surface area contributed by atoms with Crippen LogP contribution in [0.3, 0.4) is 0 Å². The molecule has 8 heteroatoms. The van der Waals surface area contributed by atoms with E-state index in [0.717, 1.165) is 16.7 Å². The van der Waals surface area contributed by atoms with E-state index in [-0.39, 0.29) is 10.6 Å². The molecule has 2 aromatic carbocycles. The van der Waals surface area contributed by atoms with Crippen molar-refractivity contribution in [1.82, 2.24) is 4.72 Å². The Balaban J connectivity index is 1.83. The first-order valence-corrected chi connectivity index (χ1v) is 11.0. The van der Waals surface area contributed by atoms with Gasteiger partial charge >= 0.3 is 0 Å². The molecule has 0 saturated heterocycles. The van der Waals surface area contributed by atoms with Gasteiger partial charge < -0.3 is 0 Å². The smallest absolute Gasteiger partial charge is 0.225 e. The van der Waals surface area contributed by atoms with Crippen LogP contribution in [0.1, 0.15) is 23.1 Å². The van der Waals surface area contributed by atoms with Crippen LogP contribution in [-0.4, -0.2) is 23.4 Å². The molecule has 0 atom stereocenters. The van der Waals surface area contributed by atoms with Crippen molar-refractivity contribution in [3.63, 3.8) is 0 Å². The van der Waals surface area contributed by atoms with Crippen LogP contribution in [0.4, 0.5) is 0 Å². The number of aryl methyl sites for hydroxylation is 2. The Morgan fingerprint density at radius 2 is 1.60 bits per heavy atom. The van der Waals surface area contributed by atoms with Gasteiger partial charge in [-0.1, -0.05) is 36.4 Å². The van der Waals surface area contributed by atoms with Gasteiger partial charge in [0, 0.05) is 6.54 Å². The highest BCUT2D eigenvalue weighted by Gasteiger charge is 2.12. The topological polar surface area (TPSA) is 106 Å². The number of hydrogen-bond acceptors (Lipinski definition) is 4. The molecule has 25 heavy (non-hydrogen) atoms. The SMILES string of the molecule is Cc1ccccc1CS(=O)(=O)NCCCc1ccc(S(N)(=O)=O)cc1. The van der Waals surface area contributed by atoms with E-state index in [1.807, 2.05) is 31.2 Å². The Labute approximate surface area is 149 Å². The molecule has 0 aliphatic rings. The molecule has 0 aromatic heterocycles. The second-order valence-electron chi connectivity index (χ2n) is 5.87. The van der Waals surface area contributed by atoms with Crippen LogP contribution in [0.25, 0.3) is 0 Å². The summed E-state index contributed by atoms with van der Waals surface area (Å²) >= 11 is 0. The van der Waals surface area contributed by atoms with E-state index < -0.39 is 20.0 Å². The maximum atomic E-state index is 12.1. The first-order valence-electron chi connectivity index (χ1n) is 7.81. The molecule has 0 aliphatic heterocycles. The lowest BCUT2D eigenvalue weighted by atomic mass is 10.1. The fourth-order valence-electron chi connectivity index (χ4n) is 2.39. The lowest BCUT2D eigenvalue weighted by molar-refractivity contribution is 0.577. The van der Waals surface area contributed by atoms with Crippen molar-refractivity contribution < 1.29 is 16.8 Å². The summed E-state index contributed by atoms with van der Waals surface area (Å²) in [7, 11) is -7.07. The highest BCUT2D eigenvalue weighted by molar-refractivity contribution is 7.89. The Bertz CT molecular complexity index is 921. The number of hydrogen-bond donors (Lipinski definition) is 2. The Morgan fingerprint density at radius 1 is 0.960 bits per heavy atom. The zero-order chi connectivity index (χ0) is 18.5. The summed E-state index contributed by atoms with van der Waals surface area (Å²) in [6, 6.07) is 13.7. The molecule has 0 unspecified atom stereocenters. The lowest BCUT2D eigenvalue weighted by Crippen LogP contribution is -2.26. The van der Waals surface area contributed by atoms with E-state index in [1.165, 1.54) is 12.1 Å². The number of primary sulfonamides is 1. The number of nitrogens with one attached hydrogen (secondary N) is 1. The molecule has 6 nitrogen and oxygen atoms in total. The van der Waals surface area contributed by atoms with Crippen molar-refractivity contribution in [2.45, 2.75) is 30.4 Å². The Kier molecular flexibility index (Phi) is 6.34. The van der Waals surface area contributed by atoms with Crippen LogP contribution in [0.15, 0.2) is 53.4 Å². The van der Waals surface area contributed by atoms with Crippen LogP contribution in [0, 0.1) is 6.92 Å². The van der Waals surface area contributed by atoms with Gasteiger partial charge in [0.05, 0.1) is 10.6 Å². The third kappa shape index (κ3) is 6.24. The fourth-order valence-corrected chi connectivity index (χ4v) is 4.20. The molecule has 0 heterocycles. The van der Waals surface area contributed by atoms with Gasteiger partial charge in [-0.05, 0) is 48.6 Å². The van der Waals surface area contributed by atoms with Gasteiger partial charge in [-0.25, -0.2) is 26.7 Å². The minimum Gasteiger partial charge on any atom is -0.225 e. The van der Waals surface area contributed by atoms with Crippen molar-refractivity contribution in [1.29, 1.82) is 0 Å².